The Kier molecular flexibility index (Phi) is 11.1. The van der Waals surface area contributed by atoms with E-state index in [0.717, 1.165) is 12.8 Å². The van der Waals surface area contributed by atoms with Crippen LogP contribution in [-0.4, -0.2) is 53.4 Å². The van der Waals surface area contributed by atoms with Crippen LogP contribution in [0.4, 0.5) is 4.79 Å². The molecule has 0 heterocycles. The second kappa shape index (κ2) is 13.2. The van der Waals surface area contributed by atoms with Gasteiger partial charge in [-0.15, -0.1) is 6.58 Å². The van der Waals surface area contributed by atoms with Crippen LogP contribution in [0.5, 0.6) is 0 Å². The number of nitrogens with one attached hydrogen (secondary N) is 2. The third-order valence-corrected chi connectivity index (χ3v) is 4.51. The van der Waals surface area contributed by atoms with Gasteiger partial charge < -0.3 is 26.0 Å². The summed E-state index contributed by atoms with van der Waals surface area (Å²) in [6.07, 6.45) is 1.83. The van der Waals surface area contributed by atoms with Gasteiger partial charge in [0.25, 0.3) is 0 Å². The van der Waals surface area contributed by atoms with Gasteiger partial charge in [-0.3, -0.25) is 14.4 Å². The lowest BCUT2D eigenvalue weighted by Crippen LogP contribution is -2.54. The van der Waals surface area contributed by atoms with Gasteiger partial charge in [-0.2, -0.15) is 0 Å². The number of unbranched alkanes of at least 4 members (excludes halogenated alkanes) is 1. The summed E-state index contributed by atoms with van der Waals surface area (Å²) in [5, 5.41) is 5.28. The Morgan fingerprint density at radius 3 is 2.33 bits per heavy atom. The van der Waals surface area contributed by atoms with Crippen molar-refractivity contribution in [3.8, 4) is 0 Å². The van der Waals surface area contributed by atoms with Crippen LogP contribution in [0.25, 0.3) is 0 Å². The predicted octanol–water partition coefficient (Wildman–Crippen LogP) is 2.43. The smallest absolute Gasteiger partial charge is 0.408 e. The highest BCUT2D eigenvalue weighted by molar-refractivity contribution is 5.94. The fourth-order valence-electron chi connectivity index (χ4n) is 3.11. The van der Waals surface area contributed by atoms with Crippen LogP contribution < -0.4 is 16.4 Å². The molecule has 9 nitrogen and oxygen atoms in total. The van der Waals surface area contributed by atoms with E-state index in [0.29, 0.717) is 12.1 Å². The Balaban J connectivity index is 3.32. The molecule has 4 amide bonds. The van der Waals surface area contributed by atoms with E-state index in [1.54, 1.807) is 51.1 Å². The average molecular weight is 461 g/mol. The molecule has 9 heteroatoms. The number of carbonyl (C=O) groups excluding carboxylic acids is 4. The van der Waals surface area contributed by atoms with Crippen molar-refractivity contribution in [3.05, 3.63) is 48.6 Å². The Morgan fingerprint density at radius 2 is 1.82 bits per heavy atom. The lowest BCUT2D eigenvalue weighted by Gasteiger charge is -2.33. The highest BCUT2D eigenvalue weighted by Gasteiger charge is 2.36. The van der Waals surface area contributed by atoms with Crippen LogP contribution in [-0.2, 0) is 19.1 Å². The lowest BCUT2D eigenvalue weighted by molar-refractivity contribution is -0.142. The monoisotopic (exact) mass is 460 g/mol. The number of rotatable bonds is 12. The third-order valence-electron chi connectivity index (χ3n) is 4.51. The topological polar surface area (TPSA) is 131 Å². The van der Waals surface area contributed by atoms with Gasteiger partial charge in [-0.1, -0.05) is 49.8 Å². The molecule has 1 rings (SSSR count). The molecule has 1 aromatic rings. The van der Waals surface area contributed by atoms with Crippen LogP contribution in [0.15, 0.2) is 43.0 Å². The second-order valence-electron chi connectivity index (χ2n) is 8.61. The van der Waals surface area contributed by atoms with Crippen LogP contribution >= 0.6 is 0 Å². The number of hydrogen-bond acceptors (Lipinski definition) is 5. The van der Waals surface area contributed by atoms with Crippen molar-refractivity contribution in [1.29, 1.82) is 0 Å². The summed E-state index contributed by atoms with van der Waals surface area (Å²) in [5.74, 6) is -1.81. The number of nitrogens with zero attached hydrogens (tertiary/aromatic N) is 1. The number of alkyl carbamates (subject to hydrolysis) is 1. The van der Waals surface area contributed by atoms with Crippen molar-refractivity contribution in [2.75, 3.05) is 13.1 Å². The summed E-state index contributed by atoms with van der Waals surface area (Å²) in [5.41, 5.74) is 5.11. The number of amides is 4. The molecular weight excluding hydrogens is 424 g/mol. The number of benzene rings is 1. The Hall–Kier alpha value is -3.36. The summed E-state index contributed by atoms with van der Waals surface area (Å²) in [6, 6.07) is 6.48. The molecule has 0 aromatic heterocycles. The van der Waals surface area contributed by atoms with E-state index in [4.69, 9.17) is 10.5 Å². The van der Waals surface area contributed by atoms with Gasteiger partial charge in [0.15, 0.2) is 0 Å². The van der Waals surface area contributed by atoms with Gasteiger partial charge >= 0.3 is 6.09 Å². The van der Waals surface area contributed by atoms with Crippen molar-refractivity contribution in [2.45, 2.75) is 64.6 Å². The fraction of sp³-hybridized carbons (Fsp3) is 0.500. The van der Waals surface area contributed by atoms with Crippen molar-refractivity contribution >= 4 is 23.8 Å². The first kappa shape index (κ1) is 27.7. The van der Waals surface area contributed by atoms with Crippen molar-refractivity contribution in [1.82, 2.24) is 15.5 Å². The van der Waals surface area contributed by atoms with E-state index in [9.17, 15) is 19.2 Å². The molecule has 0 spiro atoms. The summed E-state index contributed by atoms with van der Waals surface area (Å²) in [7, 11) is 0. The highest BCUT2D eigenvalue weighted by Crippen LogP contribution is 2.23. The summed E-state index contributed by atoms with van der Waals surface area (Å²) in [4.78, 5) is 52.0. The first-order chi connectivity index (χ1) is 15.5. The molecule has 33 heavy (non-hydrogen) atoms. The zero-order valence-electron chi connectivity index (χ0n) is 19.9. The maximum absolute atomic E-state index is 13.5. The summed E-state index contributed by atoms with van der Waals surface area (Å²) < 4.78 is 5.23. The minimum Gasteiger partial charge on any atom is -0.444 e. The van der Waals surface area contributed by atoms with E-state index in [2.05, 4.69) is 17.2 Å². The van der Waals surface area contributed by atoms with Gasteiger partial charge in [-0.05, 0) is 32.8 Å². The zero-order chi connectivity index (χ0) is 25.0. The normalized spacial score (nSPS) is 12.7. The van der Waals surface area contributed by atoms with E-state index < -0.39 is 42.0 Å². The van der Waals surface area contributed by atoms with Gasteiger partial charge in [0.1, 0.15) is 17.7 Å². The molecule has 0 saturated carbocycles. The number of nitrogens with two attached hydrogens (primary N) is 1. The summed E-state index contributed by atoms with van der Waals surface area (Å²) >= 11 is 0. The van der Waals surface area contributed by atoms with Crippen molar-refractivity contribution in [3.63, 3.8) is 0 Å². The maximum atomic E-state index is 13.5. The molecule has 0 bridgehead atoms. The molecule has 2 atom stereocenters. The first-order valence-corrected chi connectivity index (χ1v) is 11.0. The van der Waals surface area contributed by atoms with Gasteiger partial charge in [0.05, 0.1) is 6.42 Å². The minimum absolute atomic E-state index is 0.00481. The SMILES string of the molecule is C=CCN(C(=O)C(CC(N)=O)NC(=O)OC(C)(C)C)C(C(=O)NCCCC)c1ccccc1. The number of ether oxygens (including phenoxy) is 1. The fourth-order valence-corrected chi connectivity index (χ4v) is 3.11. The predicted molar refractivity (Wildman–Crippen MR) is 126 cm³/mol. The largest absolute Gasteiger partial charge is 0.444 e. The molecule has 0 aliphatic heterocycles. The molecule has 0 aliphatic rings. The Bertz CT molecular complexity index is 820. The summed E-state index contributed by atoms with van der Waals surface area (Å²) in [6.45, 7) is 11.2. The van der Waals surface area contributed by atoms with Gasteiger partial charge in [-0.25, -0.2) is 4.79 Å². The molecule has 0 aliphatic carbocycles. The average Bonchev–Trinajstić information content (AvgIpc) is 2.71. The second-order valence-corrected chi connectivity index (χ2v) is 8.61. The van der Waals surface area contributed by atoms with E-state index in [1.165, 1.54) is 11.0 Å². The standard InChI is InChI=1S/C24H36N4O5/c1-6-8-14-26-21(30)20(17-12-10-9-11-13-17)28(15-7-2)22(31)18(16-19(25)29)27-23(32)33-24(3,4)5/h7,9-13,18,20H,2,6,8,14-16H2,1,3-5H3,(H2,25,29)(H,26,30)(H,27,32). The molecular formula is C24H36N4O5. The van der Waals surface area contributed by atoms with Crippen LogP contribution in [0.3, 0.4) is 0 Å². The minimum atomic E-state index is -1.31. The molecule has 4 N–H and O–H groups in total. The highest BCUT2D eigenvalue weighted by atomic mass is 16.6. The Labute approximate surface area is 195 Å². The van der Waals surface area contributed by atoms with Crippen LogP contribution in [0, 0.1) is 0 Å². The van der Waals surface area contributed by atoms with E-state index in [1.807, 2.05) is 6.92 Å². The third kappa shape index (κ3) is 9.76. The molecule has 0 fully saturated rings. The number of primary amides is 1. The zero-order valence-corrected chi connectivity index (χ0v) is 19.9. The van der Waals surface area contributed by atoms with Crippen LogP contribution in [0.1, 0.15) is 58.6 Å². The molecule has 2 unspecified atom stereocenters. The van der Waals surface area contributed by atoms with Gasteiger partial charge in [0.2, 0.25) is 17.7 Å². The maximum Gasteiger partial charge on any atom is 0.408 e. The number of hydrogen-bond donors (Lipinski definition) is 3. The Morgan fingerprint density at radius 1 is 1.18 bits per heavy atom. The van der Waals surface area contributed by atoms with Gasteiger partial charge in [0, 0.05) is 13.1 Å². The van der Waals surface area contributed by atoms with Crippen LogP contribution in [0.2, 0.25) is 0 Å². The van der Waals surface area contributed by atoms with E-state index in [-0.39, 0.29) is 12.5 Å². The van der Waals surface area contributed by atoms with Crippen molar-refractivity contribution < 1.29 is 23.9 Å². The molecule has 1 aromatic carbocycles. The lowest BCUT2D eigenvalue weighted by atomic mass is 10.0. The first-order valence-electron chi connectivity index (χ1n) is 11.0. The van der Waals surface area contributed by atoms with E-state index >= 15 is 0 Å². The van der Waals surface area contributed by atoms with Crippen molar-refractivity contribution in [2.24, 2.45) is 5.73 Å². The quantitative estimate of drug-likeness (QED) is 0.326. The molecule has 0 radical (unpaired) electrons. The number of carbonyl (C=O) groups is 4. The molecule has 182 valence electrons. The molecule has 0 saturated heterocycles.